The van der Waals surface area contributed by atoms with Gasteiger partial charge in [-0.05, 0) is 18.2 Å². The van der Waals surface area contributed by atoms with E-state index in [1.807, 2.05) is 48.5 Å². The standard InChI is InChI=1S/C20H13FN2O2/c21-14-9-13(10-22-11-14)19-23-20(12-24-19)15-5-1-3-7-17(15)25-18-8-4-2-6-16(18)20/h1-11H,12H2. The molecule has 0 radical (unpaired) electrons. The molecule has 0 N–H and O–H groups in total. The quantitative estimate of drug-likeness (QED) is 0.675. The molecule has 4 nitrogen and oxygen atoms in total. The number of halogens is 1. The number of hydrogen-bond donors (Lipinski definition) is 0. The highest BCUT2D eigenvalue weighted by atomic mass is 19.1. The van der Waals surface area contributed by atoms with Crippen LogP contribution in [0.25, 0.3) is 0 Å². The minimum Gasteiger partial charge on any atom is -0.474 e. The highest BCUT2D eigenvalue weighted by Gasteiger charge is 2.47. The average Bonchev–Trinajstić information content (AvgIpc) is 3.08. The van der Waals surface area contributed by atoms with E-state index in [4.69, 9.17) is 14.5 Å². The van der Waals surface area contributed by atoms with Crippen molar-refractivity contribution in [2.75, 3.05) is 6.61 Å². The van der Waals surface area contributed by atoms with Gasteiger partial charge in [0.05, 0.1) is 11.8 Å². The molecule has 5 heteroatoms. The zero-order chi connectivity index (χ0) is 16.9. The van der Waals surface area contributed by atoms with E-state index in [9.17, 15) is 4.39 Å². The summed E-state index contributed by atoms with van der Waals surface area (Å²) in [6, 6.07) is 17.0. The van der Waals surface area contributed by atoms with E-state index in [1.54, 1.807) is 6.20 Å². The first-order valence-electron chi connectivity index (χ1n) is 7.97. The van der Waals surface area contributed by atoms with Crippen LogP contribution in [0.5, 0.6) is 11.5 Å². The molecule has 2 aliphatic heterocycles. The Balaban J connectivity index is 1.74. The molecule has 3 heterocycles. The maximum absolute atomic E-state index is 13.5. The number of aromatic nitrogens is 1. The maximum Gasteiger partial charge on any atom is 0.219 e. The molecule has 0 bridgehead atoms. The van der Waals surface area contributed by atoms with Crippen molar-refractivity contribution in [3.05, 3.63) is 89.5 Å². The summed E-state index contributed by atoms with van der Waals surface area (Å²) < 4.78 is 25.5. The Morgan fingerprint density at radius 2 is 1.60 bits per heavy atom. The fourth-order valence-corrected chi connectivity index (χ4v) is 3.42. The predicted molar refractivity (Wildman–Crippen MR) is 90.4 cm³/mol. The second-order valence-electron chi connectivity index (χ2n) is 6.05. The van der Waals surface area contributed by atoms with E-state index in [1.165, 1.54) is 6.07 Å². The van der Waals surface area contributed by atoms with Crippen LogP contribution in [-0.4, -0.2) is 17.5 Å². The summed E-state index contributed by atoms with van der Waals surface area (Å²) in [7, 11) is 0. The lowest BCUT2D eigenvalue weighted by Crippen LogP contribution is -2.30. The van der Waals surface area contributed by atoms with Gasteiger partial charge in [0.2, 0.25) is 5.90 Å². The van der Waals surface area contributed by atoms with Gasteiger partial charge in [-0.15, -0.1) is 0 Å². The minimum absolute atomic E-state index is 0.330. The van der Waals surface area contributed by atoms with Gasteiger partial charge in [0.1, 0.15) is 23.9 Å². The van der Waals surface area contributed by atoms with Crippen LogP contribution < -0.4 is 4.74 Å². The smallest absolute Gasteiger partial charge is 0.219 e. The van der Waals surface area contributed by atoms with E-state index in [0.717, 1.165) is 28.8 Å². The largest absolute Gasteiger partial charge is 0.474 e. The fraction of sp³-hybridized carbons (Fsp3) is 0.100. The second-order valence-corrected chi connectivity index (χ2v) is 6.05. The van der Waals surface area contributed by atoms with Gasteiger partial charge in [-0.2, -0.15) is 0 Å². The number of aliphatic imine (C=N–C) groups is 1. The fourth-order valence-electron chi connectivity index (χ4n) is 3.42. The molecule has 25 heavy (non-hydrogen) atoms. The summed E-state index contributed by atoms with van der Waals surface area (Å²) in [4.78, 5) is 8.77. The van der Waals surface area contributed by atoms with Gasteiger partial charge in [-0.3, -0.25) is 4.98 Å². The lowest BCUT2D eigenvalue weighted by molar-refractivity contribution is 0.267. The highest BCUT2D eigenvalue weighted by molar-refractivity contribution is 5.96. The second kappa shape index (κ2) is 5.14. The van der Waals surface area contributed by atoms with Gasteiger partial charge in [-0.25, -0.2) is 9.38 Å². The van der Waals surface area contributed by atoms with Crippen molar-refractivity contribution in [1.29, 1.82) is 0 Å². The lowest BCUT2D eigenvalue weighted by Gasteiger charge is -2.33. The molecule has 1 aromatic heterocycles. The molecule has 2 aromatic carbocycles. The van der Waals surface area contributed by atoms with Gasteiger partial charge in [0, 0.05) is 17.3 Å². The molecular weight excluding hydrogens is 319 g/mol. The van der Waals surface area contributed by atoms with Crippen molar-refractivity contribution in [3.8, 4) is 11.5 Å². The minimum atomic E-state index is -0.701. The number of fused-ring (bicyclic) bond motifs is 4. The number of rotatable bonds is 1. The van der Waals surface area contributed by atoms with E-state index in [0.29, 0.717) is 18.1 Å². The van der Waals surface area contributed by atoms with Crippen LogP contribution in [0.3, 0.4) is 0 Å². The van der Waals surface area contributed by atoms with Crippen LogP contribution in [0, 0.1) is 5.82 Å². The van der Waals surface area contributed by atoms with Crippen molar-refractivity contribution in [1.82, 2.24) is 4.98 Å². The number of para-hydroxylation sites is 2. The Morgan fingerprint density at radius 1 is 0.920 bits per heavy atom. The molecule has 5 rings (SSSR count). The lowest BCUT2D eigenvalue weighted by atomic mass is 9.81. The van der Waals surface area contributed by atoms with Crippen molar-refractivity contribution in [3.63, 3.8) is 0 Å². The SMILES string of the molecule is Fc1cncc(C2=NC3(CO2)c2ccccc2Oc2ccccc23)c1. The van der Waals surface area contributed by atoms with Crippen LogP contribution in [-0.2, 0) is 10.3 Å². The molecule has 0 unspecified atom stereocenters. The van der Waals surface area contributed by atoms with Gasteiger partial charge in [-0.1, -0.05) is 36.4 Å². The Labute approximate surface area is 143 Å². The van der Waals surface area contributed by atoms with Gasteiger partial charge >= 0.3 is 0 Å². The Bertz CT molecular complexity index is 970. The van der Waals surface area contributed by atoms with E-state index >= 15 is 0 Å². The van der Waals surface area contributed by atoms with Gasteiger partial charge in [0.25, 0.3) is 0 Å². The van der Waals surface area contributed by atoms with Gasteiger partial charge < -0.3 is 9.47 Å². The molecule has 0 aliphatic carbocycles. The molecule has 122 valence electrons. The molecule has 0 fully saturated rings. The van der Waals surface area contributed by atoms with Crippen LogP contribution in [0.15, 0.2) is 72.0 Å². The topological polar surface area (TPSA) is 43.7 Å². The van der Waals surface area contributed by atoms with E-state index < -0.39 is 11.4 Å². The monoisotopic (exact) mass is 332 g/mol. The summed E-state index contributed by atoms with van der Waals surface area (Å²) in [5.41, 5.74) is 1.70. The van der Waals surface area contributed by atoms with E-state index in [-0.39, 0.29) is 0 Å². The number of nitrogens with zero attached hydrogens (tertiary/aromatic N) is 2. The first-order valence-corrected chi connectivity index (χ1v) is 7.97. The number of pyridine rings is 1. The molecule has 3 aromatic rings. The molecular formula is C20H13FN2O2. The van der Waals surface area contributed by atoms with Crippen molar-refractivity contribution >= 4 is 5.90 Å². The number of hydrogen-bond acceptors (Lipinski definition) is 4. The Morgan fingerprint density at radius 3 is 2.28 bits per heavy atom. The first kappa shape index (κ1) is 14.2. The predicted octanol–water partition coefficient (Wildman–Crippen LogP) is 4.05. The zero-order valence-electron chi connectivity index (χ0n) is 13.1. The Kier molecular flexibility index (Phi) is 2.91. The number of ether oxygens (including phenoxy) is 2. The normalized spacial score (nSPS) is 16.4. The zero-order valence-corrected chi connectivity index (χ0v) is 13.1. The van der Waals surface area contributed by atoms with Crippen molar-refractivity contribution in [2.45, 2.75) is 5.54 Å². The maximum atomic E-state index is 13.5. The summed E-state index contributed by atoms with van der Waals surface area (Å²) in [5, 5.41) is 0. The third-order valence-electron chi connectivity index (χ3n) is 4.55. The van der Waals surface area contributed by atoms with Crippen LogP contribution in [0.4, 0.5) is 4.39 Å². The molecule has 1 spiro atoms. The average molecular weight is 332 g/mol. The van der Waals surface area contributed by atoms with Gasteiger partial charge in [0.15, 0.2) is 5.54 Å². The third kappa shape index (κ3) is 2.05. The number of benzene rings is 2. The third-order valence-corrected chi connectivity index (χ3v) is 4.55. The van der Waals surface area contributed by atoms with Crippen LogP contribution in [0.1, 0.15) is 16.7 Å². The van der Waals surface area contributed by atoms with Crippen molar-refractivity contribution in [2.24, 2.45) is 4.99 Å². The van der Waals surface area contributed by atoms with Crippen LogP contribution in [0.2, 0.25) is 0 Å². The summed E-state index contributed by atoms with van der Waals surface area (Å²) in [5.74, 6) is 1.48. The molecule has 0 amide bonds. The summed E-state index contributed by atoms with van der Waals surface area (Å²) in [6.45, 7) is 0.330. The van der Waals surface area contributed by atoms with E-state index in [2.05, 4.69) is 4.98 Å². The van der Waals surface area contributed by atoms with Crippen molar-refractivity contribution < 1.29 is 13.9 Å². The van der Waals surface area contributed by atoms with Crippen LogP contribution >= 0.6 is 0 Å². The summed E-state index contributed by atoms with van der Waals surface area (Å²) >= 11 is 0. The first-order chi connectivity index (χ1) is 12.3. The molecule has 0 atom stereocenters. The molecule has 2 aliphatic rings. The highest BCUT2D eigenvalue weighted by Crippen LogP contribution is 2.50. The molecule has 0 saturated heterocycles. The summed E-state index contributed by atoms with van der Waals surface area (Å²) in [6.07, 6.45) is 2.71. The Hall–Kier alpha value is -3.21. The molecule has 0 saturated carbocycles.